The lowest BCUT2D eigenvalue weighted by molar-refractivity contribution is -0.134. The van der Waals surface area contributed by atoms with E-state index < -0.39 is 0 Å². The lowest BCUT2D eigenvalue weighted by Crippen LogP contribution is -2.09. The van der Waals surface area contributed by atoms with E-state index in [4.69, 9.17) is 14.0 Å². The van der Waals surface area contributed by atoms with Crippen molar-refractivity contribution in [3.8, 4) is 22.9 Å². The maximum Gasteiger partial charge on any atom is 0.311 e. The zero-order valence-corrected chi connectivity index (χ0v) is 15.0. The molecule has 6 nitrogen and oxygen atoms in total. The summed E-state index contributed by atoms with van der Waals surface area (Å²) in [6.45, 7) is 0. The Labute approximate surface area is 152 Å². The molecule has 0 unspecified atom stereocenters. The number of carbonyl (C=O) groups is 1. The SMILES string of the molecule is COc1ccc(-c2noc(CCC(=O)Oc3ccc(Br)cc3)n2)cc1. The van der Waals surface area contributed by atoms with Crippen LogP contribution in [0.2, 0.25) is 0 Å². The van der Waals surface area contributed by atoms with Gasteiger partial charge >= 0.3 is 5.97 Å². The van der Waals surface area contributed by atoms with Crippen LogP contribution in [0.3, 0.4) is 0 Å². The van der Waals surface area contributed by atoms with Gasteiger partial charge in [0.2, 0.25) is 11.7 Å². The Morgan fingerprint density at radius 3 is 2.44 bits per heavy atom. The second-order valence-corrected chi connectivity index (χ2v) is 6.08. The summed E-state index contributed by atoms with van der Waals surface area (Å²) >= 11 is 3.33. The van der Waals surface area contributed by atoms with E-state index in [0.29, 0.717) is 23.9 Å². The van der Waals surface area contributed by atoms with Crippen LogP contribution in [0, 0.1) is 0 Å². The van der Waals surface area contributed by atoms with Crippen LogP contribution in [-0.2, 0) is 11.2 Å². The van der Waals surface area contributed by atoms with E-state index in [2.05, 4.69) is 26.1 Å². The minimum atomic E-state index is -0.355. The van der Waals surface area contributed by atoms with E-state index in [0.717, 1.165) is 15.8 Å². The summed E-state index contributed by atoms with van der Waals surface area (Å²) in [4.78, 5) is 16.2. The zero-order chi connectivity index (χ0) is 17.6. The highest BCUT2D eigenvalue weighted by atomic mass is 79.9. The Hall–Kier alpha value is -2.67. The lowest BCUT2D eigenvalue weighted by Gasteiger charge is -2.02. The zero-order valence-electron chi connectivity index (χ0n) is 13.4. The summed E-state index contributed by atoms with van der Waals surface area (Å²) in [7, 11) is 1.61. The molecule has 2 aromatic carbocycles. The molecule has 0 aliphatic heterocycles. The molecule has 0 saturated heterocycles. The fourth-order valence-electron chi connectivity index (χ4n) is 2.11. The first-order valence-electron chi connectivity index (χ1n) is 7.57. The number of carbonyl (C=O) groups excluding carboxylic acids is 1. The molecule has 7 heteroatoms. The third-order valence-corrected chi connectivity index (χ3v) is 3.93. The molecule has 0 radical (unpaired) electrons. The van der Waals surface area contributed by atoms with Crippen molar-refractivity contribution in [2.24, 2.45) is 0 Å². The Morgan fingerprint density at radius 2 is 1.76 bits per heavy atom. The van der Waals surface area contributed by atoms with Crippen molar-refractivity contribution in [2.45, 2.75) is 12.8 Å². The highest BCUT2D eigenvalue weighted by molar-refractivity contribution is 9.10. The summed E-state index contributed by atoms with van der Waals surface area (Å²) in [5.41, 5.74) is 0.813. The standard InChI is InChI=1S/C18H15BrN2O4/c1-23-14-6-2-12(3-7-14)18-20-16(25-21-18)10-11-17(22)24-15-8-4-13(19)5-9-15/h2-9H,10-11H2,1H3. The van der Waals surface area contributed by atoms with Crippen LogP contribution in [0.1, 0.15) is 12.3 Å². The number of hydrogen-bond donors (Lipinski definition) is 0. The second-order valence-electron chi connectivity index (χ2n) is 5.17. The predicted octanol–water partition coefficient (Wildman–Crippen LogP) is 4.05. The van der Waals surface area contributed by atoms with Crippen molar-refractivity contribution in [1.82, 2.24) is 10.1 Å². The molecule has 0 bridgehead atoms. The van der Waals surface area contributed by atoms with Gasteiger partial charge in [0.05, 0.1) is 13.5 Å². The number of rotatable bonds is 6. The van der Waals surface area contributed by atoms with E-state index >= 15 is 0 Å². The van der Waals surface area contributed by atoms with Crippen molar-refractivity contribution in [1.29, 1.82) is 0 Å². The van der Waals surface area contributed by atoms with Crippen LogP contribution in [-0.4, -0.2) is 23.2 Å². The monoisotopic (exact) mass is 402 g/mol. The topological polar surface area (TPSA) is 74.5 Å². The minimum Gasteiger partial charge on any atom is -0.497 e. The van der Waals surface area contributed by atoms with Crippen molar-refractivity contribution >= 4 is 21.9 Å². The van der Waals surface area contributed by atoms with E-state index in [9.17, 15) is 4.79 Å². The Balaban J connectivity index is 1.55. The number of esters is 1. The molecule has 25 heavy (non-hydrogen) atoms. The normalized spacial score (nSPS) is 10.5. The van der Waals surface area contributed by atoms with Crippen molar-refractivity contribution < 1.29 is 18.8 Å². The molecule has 0 atom stereocenters. The second kappa shape index (κ2) is 7.94. The van der Waals surface area contributed by atoms with Crippen LogP contribution >= 0.6 is 15.9 Å². The van der Waals surface area contributed by atoms with Gasteiger partial charge in [0.25, 0.3) is 0 Å². The minimum absolute atomic E-state index is 0.153. The molecule has 3 aromatic rings. The summed E-state index contributed by atoms with van der Waals surface area (Å²) < 4.78 is 16.5. The van der Waals surface area contributed by atoms with Gasteiger partial charge in [-0.1, -0.05) is 21.1 Å². The maximum atomic E-state index is 11.9. The summed E-state index contributed by atoms with van der Waals surface area (Å²) in [5.74, 6) is 1.75. The molecule has 0 fully saturated rings. The van der Waals surface area contributed by atoms with E-state index in [-0.39, 0.29) is 12.4 Å². The van der Waals surface area contributed by atoms with Crippen LogP contribution in [0.4, 0.5) is 0 Å². The average molecular weight is 403 g/mol. The lowest BCUT2D eigenvalue weighted by atomic mass is 10.2. The smallest absolute Gasteiger partial charge is 0.311 e. The van der Waals surface area contributed by atoms with E-state index in [1.165, 1.54) is 0 Å². The van der Waals surface area contributed by atoms with Gasteiger partial charge in [-0.15, -0.1) is 0 Å². The van der Waals surface area contributed by atoms with Gasteiger partial charge in [0, 0.05) is 16.5 Å². The molecule has 0 aliphatic rings. The molecule has 0 N–H and O–H groups in total. The third-order valence-electron chi connectivity index (χ3n) is 3.40. The Kier molecular flexibility index (Phi) is 5.45. The van der Waals surface area contributed by atoms with Crippen molar-refractivity contribution in [3.05, 3.63) is 58.9 Å². The first-order valence-corrected chi connectivity index (χ1v) is 8.36. The van der Waals surface area contributed by atoms with Crippen LogP contribution in [0.15, 0.2) is 57.5 Å². The van der Waals surface area contributed by atoms with Gasteiger partial charge in [0.15, 0.2) is 0 Å². The van der Waals surface area contributed by atoms with Gasteiger partial charge < -0.3 is 14.0 Å². The van der Waals surface area contributed by atoms with E-state index in [1.54, 1.807) is 19.2 Å². The molecule has 0 spiro atoms. The van der Waals surface area contributed by atoms with Crippen molar-refractivity contribution in [3.63, 3.8) is 0 Å². The molecular formula is C18H15BrN2O4. The quantitative estimate of drug-likeness (QED) is 0.457. The average Bonchev–Trinajstić information content (AvgIpc) is 3.11. The highest BCUT2D eigenvalue weighted by Gasteiger charge is 2.12. The first kappa shape index (κ1) is 17.2. The number of methoxy groups -OCH3 is 1. The third kappa shape index (κ3) is 4.67. The van der Waals surface area contributed by atoms with Crippen LogP contribution < -0.4 is 9.47 Å². The largest absolute Gasteiger partial charge is 0.497 e. The molecular weight excluding hydrogens is 388 g/mol. The fourth-order valence-corrected chi connectivity index (χ4v) is 2.37. The summed E-state index contributed by atoms with van der Waals surface area (Å²) in [6.07, 6.45) is 0.471. The Bertz CT molecular complexity index is 844. The van der Waals surface area contributed by atoms with Crippen molar-refractivity contribution in [2.75, 3.05) is 7.11 Å². The Morgan fingerprint density at radius 1 is 1.08 bits per heavy atom. The molecule has 1 heterocycles. The highest BCUT2D eigenvalue weighted by Crippen LogP contribution is 2.20. The number of aromatic nitrogens is 2. The van der Waals surface area contributed by atoms with Crippen LogP contribution in [0.5, 0.6) is 11.5 Å². The van der Waals surface area contributed by atoms with Gasteiger partial charge in [0.1, 0.15) is 11.5 Å². The van der Waals surface area contributed by atoms with Gasteiger partial charge in [-0.2, -0.15) is 4.98 Å². The maximum absolute atomic E-state index is 11.9. The fraction of sp³-hybridized carbons (Fsp3) is 0.167. The summed E-state index contributed by atoms with van der Waals surface area (Å²) in [5, 5.41) is 3.93. The van der Waals surface area contributed by atoms with Gasteiger partial charge in [-0.3, -0.25) is 4.79 Å². The van der Waals surface area contributed by atoms with Crippen LogP contribution in [0.25, 0.3) is 11.4 Å². The number of nitrogens with zero attached hydrogens (tertiary/aromatic N) is 2. The molecule has 128 valence electrons. The first-order chi connectivity index (χ1) is 12.1. The van der Waals surface area contributed by atoms with E-state index in [1.807, 2.05) is 36.4 Å². The number of benzene rings is 2. The molecule has 3 rings (SSSR count). The summed E-state index contributed by atoms with van der Waals surface area (Å²) in [6, 6.07) is 14.4. The molecule has 1 aromatic heterocycles. The van der Waals surface area contributed by atoms with Gasteiger partial charge in [-0.05, 0) is 48.5 Å². The molecule has 0 aliphatic carbocycles. The number of hydrogen-bond acceptors (Lipinski definition) is 6. The molecule has 0 amide bonds. The predicted molar refractivity (Wildman–Crippen MR) is 94.4 cm³/mol. The number of ether oxygens (including phenoxy) is 2. The van der Waals surface area contributed by atoms with Gasteiger partial charge in [-0.25, -0.2) is 0 Å². The molecule has 0 saturated carbocycles. The number of halogens is 1. The number of aryl methyl sites for hydroxylation is 1.